The number of aromatic hydroxyl groups is 1. The van der Waals surface area contributed by atoms with Gasteiger partial charge in [0, 0.05) is 6.42 Å². The Morgan fingerprint density at radius 3 is 2.44 bits per heavy atom. The van der Waals surface area contributed by atoms with Gasteiger partial charge >= 0.3 is 0 Å². The van der Waals surface area contributed by atoms with Crippen LogP contribution in [-0.4, -0.2) is 17.4 Å². The van der Waals surface area contributed by atoms with Gasteiger partial charge in [-0.1, -0.05) is 24.3 Å². The van der Waals surface area contributed by atoms with E-state index in [2.05, 4.69) is 0 Å². The molecule has 82 valence electrons. The van der Waals surface area contributed by atoms with Gasteiger partial charge in [0.25, 0.3) is 0 Å². The zero-order valence-electron chi connectivity index (χ0n) is 8.81. The van der Waals surface area contributed by atoms with Crippen molar-refractivity contribution in [2.75, 3.05) is 6.54 Å². The molecule has 16 heavy (non-hydrogen) atoms. The van der Waals surface area contributed by atoms with Crippen LogP contribution in [0.5, 0.6) is 5.75 Å². The normalized spacial score (nSPS) is 10.6. The maximum atomic E-state index is 11.7. The van der Waals surface area contributed by atoms with E-state index in [0.717, 1.165) is 10.8 Å². The molecule has 3 nitrogen and oxygen atoms in total. The first-order chi connectivity index (χ1) is 7.72. The van der Waals surface area contributed by atoms with Gasteiger partial charge in [0.15, 0.2) is 5.78 Å². The fraction of sp³-hybridized carbons (Fsp3) is 0.154. The second-order valence-electron chi connectivity index (χ2n) is 3.68. The summed E-state index contributed by atoms with van der Waals surface area (Å²) in [5.41, 5.74) is 5.68. The second kappa shape index (κ2) is 4.33. The van der Waals surface area contributed by atoms with Crippen LogP contribution in [-0.2, 0) is 0 Å². The number of rotatable bonds is 3. The minimum Gasteiger partial charge on any atom is -0.507 e. The first-order valence-electron chi connectivity index (χ1n) is 5.17. The molecule has 2 rings (SSSR count). The van der Waals surface area contributed by atoms with Crippen LogP contribution in [0.3, 0.4) is 0 Å². The SMILES string of the molecule is NCCC(=O)c1cc2ccccc2cc1O. The zero-order valence-corrected chi connectivity index (χ0v) is 8.81. The largest absolute Gasteiger partial charge is 0.507 e. The van der Waals surface area contributed by atoms with E-state index in [1.54, 1.807) is 12.1 Å². The van der Waals surface area contributed by atoms with Crippen molar-refractivity contribution < 1.29 is 9.90 Å². The molecule has 0 amide bonds. The lowest BCUT2D eigenvalue weighted by Crippen LogP contribution is -2.08. The van der Waals surface area contributed by atoms with E-state index in [0.29, 0.717) is 12.1 Å². The van der Waals surface area contributed by atoms with Gasteiger partial charge in [0.2, 0.25) is 0 Å². The van der Waals surface area contributed by atoms with Gasteiger partial charge in [0.05, 0.1) is 5.56 Å². The number of ketones is 1. The highest BCUT2D eigenvalue weighted by atomic mass is 16.3. The molecule has 0 fully saturated rings. The first-order valence-corrected chi connectivity index (χ1v) is 5.17. The quantitative estimate of drug-likeness (QED) is 0.770. The highest BCUT2D eigenvalue weighted by molar-refractivity contribution is 6.02. The Balaban J connectivity index is 2.54. The number of fused-ring (bicyclic) bond motifs is 1. The molecule has 0 aliphatic carbocycles. The lowest BCUT2D eigenvalue weighted by atomic mass is 10.0. The number of phenolic OH excluding ortho intramolecular Hbond substituents is 1. The van der Waals surface area contributed by atoms with Crippen molar-refractivity contribution in [1.29, 1.82) is 0 Å². The number of phenols is 1. The van der Waals surface area contributed by atoms with Crippen molar-refractivity contribution in [2.45, 2.75) is 6.42 Å². The van der Waals surface area contributed by atoms with Crippen molar-refractivity contribution in [1.82, 2.24) is 0 Å². The molecule has 0 aliphatic heterocycles. The van der Waals surface area contributed by atoms with Crippen molar-refractivity contribution in [3.8, 4) is 5.75 Å². The molecule has 3 heteroatoms. The third-order valence-electron chi connectivity index (χ3n) is 2.54. The first kappa shape index (κ1) is 10.6. The van der Waals surface area contributed by atoms with Gasteiger partial charge in [-0.05, 0) is 29.4 Å². The fourth-order valence-electron chi connectivity index (χ4n) is 1.72. The van der Waals surface area contributed by atoms with E-state index in [-0.39, 0.29) is 18.0 Å². The number of carbonyl (C=O) groups excluding carboxylic acids is 1. The van der Waals surface area contributed by atoms with Gasteiger partial charge < -0.3 is 10.8 Å². The number of nitrogens with two attached hydrogens (primary N) is 1. The molecule has 0 atom stereocenters. The van der Waals surface area contributed by atoms with Gasteiger partial charge in [-0.15, -0.1) is 0 Å². The third-order valence-corrected chi connectivity index (χ3v) is 2.54. The van der Waals surface area contributed by atoms with Crippen molar-refractivity contribution in [3.63, 3.8) is 0 Å². The molecule has 0 aromatic heterocycles. The Bertz CT molecular complexity index is 534. The van der Waals surface area contributed by atoms with Gasteiger partial charge in [-0.3, -0.25) is 4.79 Å². The van der Waals surface area contributed by atoms with Crippen LogP contribution < -0.4 is 5.73 Å². The smallest absolute Gasteiger partial charge is 0.167 e. The second-order valence-corrected chi connectivity index (χ2v) is 3.68. The molecule has 0 saturated carbocycles. The molecule has 0 heterocycles. The number of benzene rings is 2. The minimum atomic E-state index is -0.120. The molecule has 0 radical (unpaired) electrons. The van der Waals surface area contributed by atoms with Gasteiger partial charge in [0.1, 0.15) is 5.75 Å². The van der Waals surface area contributed by atoms with Crippen LogP contribution in [0.2, 0.25) is 0 Å². The maximum Gasteiger partial charge on any atom is 0.167 e. The van der Waals surface area contributed by atoms with E-state index in [9.17, 15) is 9.90 Å². The molecular weight excluding hydrogens is 202 g/mol. The predicted octanol–water partition coefficient (Wildman–Crippen LogP) is 2.08. The Morgan fingerprint density at radius 1 is 1.19 bits per heavy atom. The number of hydrogen-bond acceptors (Lipinski definition) is 3. The lowest BCUT2D eigenvalue weighted by Gasteiger charge is -2.05. The highest BCUT2D eigenvalue weighted by Gasteiger charge is 2.11. The topological polar surface area (TPSA) is 63.3 Å². The lowest BCUT2D eigenvalue weighted by molar-refractivity contribution is 0.0983. The zero-order chi connectivity index (χ0) is 11.5. The summed E-state index contributed by atoms with van der Waals surface area (Å²) in [6, 6.07) is 10.9. The number of Topliss-reactive ketones (excluding diaryl/α,β-unsaturated/α-hetero) is 1. The van der Waals surface area contributed by atoms with E-state index in [1.165, 1.54) is 0 Å². The van der Waals surface area contributed by atoms with Crippen molar-refractivity contribution in [3.05, 3.63) is 42.0 Å². The monoisotopic (exact) mass is 215 g/mol. The molecule has 0 saturated heterocycles. The minimum absolute atomic E-state index is 0.0251. The summed E-state index contributed by atoms with van der Waals surface area (Å²) in [5, 5.41) is 11.6. The third kappa shape index (κ3) is 1.90. The summed E-state index contributed by atoms with van der Waals surface area (Å²) in [6.45, 7) is 0.297. The van der Waals surface area contributed by atoms with Crippen LogP contribution in [0.15, 0.2) is 36.4 Å². The maximum absolute atomic E-state index is 11.7. The van der Waals surface area contributed by atoms with Crippen molar-refractivity contribution in [2.24, 2.45) is 5.73 Å². The highest BCUT2D eigenvalue weighted by Crippen LogP contribution is 2.25. The van der Waals surface area contributed by atoms with Crippen LogP contribution in [0.25, 0.3) is 10.8 Å². The average molecular weight is 215 g/mol. The number of hydrogen-bond donors (Lipinski definition) is 2. The van der Waals surface area contributed by atoms with Gasteiger partial charge in [-0.25, -0.2) is 0 Å². The van der Waals surface area contributed by atoms with Crippen molar-refractivity contribution >= 4 is 16.6 Å². The van der Waals surface area contributed by atoms with E-state index in [4.69, 9.17) is 5.73 Å². The van der Waals surface area contributed by atoms with Crippen LogP contribution in [0.1, 0.15) is 16.8 Å². The Labute approximate surface area is 93.5 Å². The Kier molecular flexibility index (Phi) is 2.88. The molecule has 0 spiro atoms. The fourth-order valence-corrected chi connectivity index (χ4v) is 1.72. The van der Waals surface area contributed by atoms with E-state index < -0.39 is 0 Å². The molecule has 2 aromatic carbocycles. The summed E-state index contributed by atoms with van der Waals surface area (Å²) in [6.07, 6.45) is 0.256. The average Bonchev–Trinajstić information content (AvgIpc) is 2.28. The summed E-state index contributed by atoms with van der Waals surface area (Å²) in [4.78, 5) is 11.7. The summed E-state index contributed by atoms with van der Waals surface area (Å²) in [5.74, 6) is -0.0945. The van der Waals surface area contributed by atoms with Crippen LogP contribution in [0.4, 0.5) is 0 Å². The Hall–Kier alpha value is -1.87. The molecule has 0 bridgehead atoms. The molecule has 0 unspecified atom stereocenters. The van der Waals surface area contributed by atoms with E-state index >= 15 is 0 Å². The summed E-state index contributed by atoms with van der Waals surface area (Å²) < 4.78 is 0. The van der Waals surface area contributed by atoms with E-state index in [1.807, 2.05) is 24.3 Å². The molecule has 3 N–H and O–H groups in total. The van der Waals surface area contributed by atoms with Crippen LogP contribution in [0, 0.1) is 0 Å². The summed E-state index contributed by atoms with van der Waals surface area (Å²) in [7, 11) is 0. The van der Waals surface area contributed by atoms with Gasteiger partial charge in [-0.2, -0.15) is 0 Å². The molecule has 0 aliphatic rings. The summed E-state index contributed by atoms with van der Waals surface area (Å²) >= 11 is 0. The predicted molar refractivity (Wildman–Crippen MR) is 63.6 cm³/mol. The Morgan fingerprint density at radius 2 is 1.81 bits per heavy atom. The molecular formula is C13H13NO2. The number of carbonyl (C=O) groups is 1. The van der Waals surface area contributed by atoms with Crippen LogP contribution >= 0.6 is 0 Å². The molecule has 2 aromatic rings. The standard InChI is InChI=1S/C13H13NO2/c14-6-5-12(15)11-7-9-3-1-2-4-10(9)8-13(11)16/h1-4,7-8,16H,5-6,14H2.